The third kappa shape index (κ3) is 6.54. The van der Waals surface area contributed by atoms with Crippen LogP contribution in [-0.2, 0) is 0 Å². The number of nitrogens with one attached hydrogen (secondary N) is 2. The van der Waals surface area contributed by atoms with Crippen molar-refractivity contribution in [2.75, 3.05) is 17.2 Å². The summed E-state index contributed by atoms with van der Waals surface area (Å²) in [6.45, 7) is 3.78. The Balaban J connectivity index is 1.93. The minimum Gasteiger partial charge on any atom is -0.406 e. The molecule has 1 aromatic carbocycles. The molecule has 164 valence electrons. The van der Waals surface area contributed by atoms with Crippen molar-refractivity contribution in [2.24, 2.45) is 5.92 Å². The number of aliphatic hydroxyl groups excluding tert-OH is 1. The van der Waals surface area contributed by atoms with Crippen LogP contribution in [0.15, 0.2) is 54.9 Å². The number of alkyl halides is 3. The van der Waals surface area contributed by atoms with Crippen LogP contribution in [0.5, 0.6) is 5.75 Å². The minimum absolute atomic E-state index is 0.113. The molecular weight excluding hydrogens is 411 g/mol. The van der Waals surface area contributed by atoms with Gasteiger partial charge in [0.25, 0.3) is 0 Å². The van der Waals surface area contributed by atoms with Gasteiger partial charge in [0, 0.05) is 35.8 Å². The van der Waals surface area contributed by atoms with Gasteiger partial charge in [-0.05, 0) is 30.2 Å². The van der Waals surface area contributed by atoms with E-state index in [4.69, 9.17) is 0 Å². The number of aromatic nitrogens is 3. The lowest BCUT2D eigenvalue weighted by molar-refractivity contribution is -0.274. The Bertz CT molecular complexity index is 1000. The van der Waals surface area contributed by atoms with Crippen LogP contribution in [0.1, 0.15) is 13.8 Å². The number of aliphatic hydroxyl groups is 1. The largest absolute Gasteiger partial charge is 0.573 e. The molecule has 7 nitrogen and oxygen atoms in total. The molecular formula is C21H22F3N5O2. The van der Waals surface area contributed by atoms with Gasteiger partial charge in [-0.25, -0.2) is 4.98 Å². The zero-order chi connectivity index (χ0) is 22.4. The number of hydrogen-bond acceptors (Lipinski definition) is 7. The number of nitrogens with zero attached hydrogens (tertiary/aromatic N) is 3. The van der Waals surface area contributed by atoms with Gasteiger partial charge in [0.15, 0.2) is 0 Å². The third-order valence-corrected chi connectivity index (χ3v) is 4.34. The van der Waals surface area contributed by atoms with Gasteiger partial charge in [0.2, 0.25) is 5.95 Å². The lowest BCUT2D eigenvalue weighted by Gasteiger charge is -2.20. The lowest BCUT2D eigenvalue weighted by Crippen LogP contribution is -2.30. The average Bonchev–Trinajstić information content (AvgIpc) is 2.71. The monoisotopic (exact) mass is 433 g/mol. The van der Waals surface area contributed by atoms with Crippen LogP contribution in [0.4, 0.5) is 30.6 Å². The van der Waals surface area contributed by atoms with Gasteiger partial charge in [-0.15, -0.1) is 13.2 Å². The average molecular weight is 433 g/mol. The molecule has 31 heavy (non-hydrogen) atoms. The number of rotatable bonds is 8. The number of hydrogen-bond donors (Lipinski definition) is 3. The Hall–Kier alpha value is -3.40. The highest BCUT2D eigenvalue weighted by atomic mass is 19.4. The fourth-order valence-corrected chi connectivity index (χ4v) is 2.75. The molecule has 0 amide bonds. The molecule has 0 aliphatic heterocycles. The maximum atomic E-state index is 12.5. The molecule has 1 atom stereocenters. The van der Waals surface area contributed by atoms with E-state index in [2.05, 4.69) is 30.3 Å². The van der Waals surface area contributed by atoms with E-state index < -0.39 is 6.36 Å². The normalized spacial score (nSPS) is 12.5. The second kappa shape index (κ2) is 9.61. The number of ether oxygens (including phenoxy) is 1. The van der Waals surface area contributed by atoms with Crippen molar-refractivity contribution < 1.29 is 23.0 Å². The van der Waals surface area contributed by atoms with E-state index in [-0.39, 0.29) is 30.3 Å². The summed E-state index contributed by atoms with van der Waals surface area (Å²) in [6.07, 6.45) is -1.51. The van der Waals surface area contributed by atoms with Gasteiger partial charge in [-0.1, -0.05) is 19.9 Å². The molecule has 3 rings (SSSR count). The van der Waals surface area contributed by atoms with E-state index in [1.807, 2.05) is 19.9 Å². The van der Waals surface area contributed by atoms with Gasteiger partial charge < -0.3 is 20.5 Å². The van der Waals surface area contributed by atoms with Crippen molar-refractivity contribution in [1.82, 2.24) is 15.0 Å². The number of anilines is 3. The summed E-state index contributed by atoms with van der Waals surface area (Å²) in [5, 5.41) is 15.7. The predicted octanol–water partition coefficient (Wildman–Crippen LogP) is 4.61. The van der Waals surface area contributed by atoms with Gasteiger partial charge in [-0.2, -0.15) is 4.98 Å². The van der Waals surface area contributed by atoms with E-state index >= 15 is 0 Å². The third-order valence-electron chi connectivity index (χ3n) is 4.34. The van der Waals surface area contributed by atoms with Crippen LogP contribution in [-0.4, -0.2) is 39.1 Å². The van der Waals surface area contributed by atoms with Crippen LogP contribution in [0, 0.1) is 5.92 Å². The van der Waals surface area contributed by atoms with E-state index in [9.17, 15) is 18.3 Å². The molecule has 2 heterocycles. The van der Waals surface area contributed by atoms with Crippen LogP contribution in [0.25, 0.3) is 11.3 Å². The molecule has 0 aliphatic carbocycles. The van der Waals surface area contributed by atoms with Gasteiger partial charge >= 0.3 is 6.36 Å². The molecule has 0 radical (unpaired) electrons. The lowest BCUT2D eigenvalue weighted by atomic mass is 10.1. The zero-order valence-corrected chi connectivity index (χ0v) is 16.9. The molecule has 0 saturated carbocycles. The summed E-state index contributed by atoms with van der Waals surface area (Å²) in [5.74, 6) is 0.376. The molecule has 0 bridgehead atoms. The highest BCUT2D eigenvalue weighted by Crippen LogP contribution is 2.28. The van der Waals surface area contributed by atoms with Crippen molar-refractivity contribution in [1.29, 1.82) is 0 Å². The van der Waals surface area contributed by atoms with Crippen LogP contribution < -0.4 is 15.4 Å². The first kappa shape index (κ1) is 22.3. The van der Waals surface area contributed by atoms with E-state index in [1.54, 1.807) is 30.6 Å². The molecule has 10 heteroatoms. The van der Waals surface area contributed by atoms with E-state index in [1.165, 1.54) is 18.2 Å². The van der Waals surface area contributed by atoms with Crippen LogP contribution in [0.3, 0.4) is 0 Å². The summed E-state index contributed by atoms with van der Waals surface area (Å²) < 4.78 is 41.5. The molecule has 0 unspecified atom stereocenters. The Labute approximate surface area is 177 Å². The van der Waals surface area contributed by atoms with Crippen molar-refractivity contribution in [2.45, 2.75) is 26.3 Å². The first-order valence-electron chi connectivity index (χ1n) is 9.53. The minimum atomic E-state index is -4.78. The van der Waals surface area contributed by atoms with Crippen molar-refractivity contribution in [3.05, 3.63) is 54.9 Å². The van der Waals surface area contributed by atoms with Gasteiger partial charge in [0.1, 0.15) is 11.6 Å². The summed E-state index contributed by atoms with van der Waals surface area (Å²) >= 11 is 0. The highest BCUT2D eigenvalue weighted by Gasteiger charge is 2.31. The van der Waals surface area contributed by atoms with E-state index in [0.717, 1.165) is 5.56 Å². The van der Waals surface area contributed by atoms with Crippen molar-refractivity contribution >= 4 is 17.5 Å². The molecule has 3 N–H and O–H groups in total. The van der Waals surface area contributed by atoms with Gasteiger partial charge in [0.05, 0.1) is 18.3 Å². The molecule has 0 fully saturated rings. The van der Waals surface area contributed by atoms with E-state index in [0.29, 0.717) is 17.2 Å². The molecule has 3 aromatic rings. The summed E-state index contributed by atoms with van der Waals surface area (Å²) in [4.78, 5) is 13.0. The zero-order valence-electron chi connectivity index (χ0n) is 16.9. The highest BCUT2D eigenvalue weighted by molar-refractivity contribution is 5.67. The Morgan fingerprint density at radius 1 is 1.10 bits per heavy atom. The van der Waals surface area contributed by atoms with Crippen LogP contribution in [0.2, 0.25) is 0 Å². The molecule has 0 saturated heterocycles. The first-order chi connectivity index (χ1) is 14.7. The standard InChI is InChI=1S/C21H22F3N5O2/c1-13(2)18(12-30)28-20-27-17(14-5-4-8-25-11-14)10-19(29-20)26-15-6-3-7-16(9-15)31-21(22,23)24/h3-11,13,18,30H,12H2,1-2H3,(H2,26,27,28,29)/t18-/m1/s1. The number of halogens is 3. The fourth-order valence-electron chi connectivity index (χ4n) is 2.75. The summed E-state index contributed by atoms with van der Waals surface area (Å²) in [7, 11) is 0. The topological polar surface area (TPSA) is 92.2 Å². The predicted molar refractivity (Wildman–Crippen MR) is 111 cm³/mol. The first-order valence-corrected chi connectivity index (χ1v) is 9.53. The molecule has 0 spiro atoms. The summed E-state index contributed by atoms with van der Waals surface area (Å²) in [6, 6.07) is 10.4. The Kier molecular flexibility index (Phi) is 6.91. The van der Waals surface area contributed by atoms with Crippen LogP contribution >= 0.6 is 0 Å². The quantitative estimate of drug-likeness (QED) is 0.478. The van der Waals surface area contributed by atoms with Crippen molar-refractivity contribution in [3.8, 4) is 17.0 Å². The van der Waals surface area contributed by atoms with Crippen molar-refractivity contribution in [3.63, 3.8) is 0 Å². The SMILES string of the molecule is CC(C)[C@@H](CO)Nc1nc(Nc2cccc(OC(F)(F)F)c2)cc(-c2cccnc2)n1. The second-order valence-corrected chi connectivity index (χ2v) is 7.08. The number of benzene rings is 1. The van der Waals surface area contributed by atoms with Gasteiger partial charge in [-0.3, -0.25) is 4.98 Å². The smallest absolute Gasteiger partial charge is 0.406 e. The Morgan fingerprint density at radius 3 is 2.55 bits per heavy atom. The fraction of sp³-hybridized carbons (Fsp3) is 0.286. The Morgan fingerprint density at radius 2 is 1.90 bits per heavy atom. The number of pyridine rings is 1. The second-order valence-electron chi connectivity index (χ2n) is 7.08. The molecule has 0 aliphatic rings. The maximum Gasteiger partial charge on any atom is 0.573 e. The maximum absolute atomic E-state index is 12.5. The summed E-state index contributed by atoms with van der Waals surface area (Å²) in [5.41, 5.74) is 1.64. The molecule has 2 aromatic heterocycles.